The Balaban J connectivity index is 1.71. The predicted octanol–water partition coefficient (Wildman–Crippen LogP) is 5.76. The van der Waals surface area contributed by atoms with E-state index in [0.717, 1.165) is 58.8 Å². The lowest BCUT2D eigenvalue weighted by atomic mass is 9.96. The summed E-state index contributed by atoms with van der Waals surface area (Å²) in [4.78, 5) is 14.0. The average molecular weight is 441 g/mol. The minimum atomic E-state index is -0.438. The van der Waals surface area contributed by atoms with E-state index < -0.39 is 5.91 Å². The van der Waals surface area contributed by atoms with Crippen LogP contribution in [-0.4, -0.2) is 10.5 Å². The van der Waals surface area contributed by atoms with Crippen LogP contribution in [0.2, 0.25) is 0 Å². The third-order valence-electron chi connectivity index (χ3n) is 5.88. The summed E-state index contributed by atoms with van der Waals surface area (Å²) in [5.41, 5.74) is 6.36. The van der Waals surface area contributed by atoms with Crippen LogP contribution in [-0.2, 0) is 17.6 Å². The van der Waals surface area contributed by atoms with Crippen LogP contribution < -0.4 is 5.32 Å². The van der Waals surface area contributed by atoms with Gasteiger partial charge in [0.1, 0.15) is 22.7 Å². The fourth-order valence-corrected chi connectivity index (χ4v) is 5.75. The van der Waals surface area contributed by atoms with Crippen molar-refractivity contribution in [2.75, 3.05) is 5.32 Å². The van der Waals surface area contributed by atoms with Crippen molar-refractivity contribution in [1.82, 2.24) is 4.57 Å². The van der Waals surface area contributed by atoms with Gasteiger partial charge in [-0.2, -0.15) is 10.5 Å². The van der Waals surface area contributed by atoms with Crippen LogP contribution in [0.3, 0.4) is 0 Å². The molecule has 2 aromatic heterocycles. The number of benzene rings is 1. The van der Waals surface area contributed by atoms with Gasteiger partial charge in [0.15, 0.2) is 0 Å². The maximum Gasteiger partial charge on any atom is 0.266 e. The molecule has 1 amide bonds. The van der Waals surface area contributed by atoms with Gasteiger partial charge in [0.25, 0.3) is 5.91 Å². The van der Waals surface area contributed by atoms with Gasteiger partial charge in [-0.1, -0.05) is 12.1 Å². The van der Waals surface area contributed by atoms with Crippen LogP contribution in [0.1, 0.15) is 51.4 Å². The van der Waals surface area contributed by atoms with E-state index in [1.807, 2.05) is 51.1 Å². The number of aromatic nitrogens is 1. The molecule has 3 aromatic rings. The van der Waals surface area contributed by atoms with Crippen molar-refractivity contribution in [3.63, 3.8) is 0 Å². The highest BCUT2D eigenvalue weighted by molar-refractivity contribution is 7.15. The number of aryl methyl sites for hydroxylation is 3. The summed E-state index contributed by atoms with van der Waals surface area (Å²) < 4.78 is 2.08. The molecule has 0 bridgehead atoms. The Morgan fingerprint density at radius 3 is 2.66 bits per heavy atom. The zero-order valence-corrected chi connectivity index (χ0v) is 19.3. The number of nitrogens with zero attached hydrogens (tertiary/aromatic N) is 3. The third kappa shape index (κ3) is 3.98. The summed E-state index contributed by atoms with van der Waals surface area (Å²) in [6.07, 6.45) is 5.90. The molecular formula is C26H24N4OS. The van der Waals surface area contributed by atoms with Crippen LogP contribution in [0.4, 0.5) is 5.69 Å². The minimum Gasteiger partial charge on any atom is -0.321 e. The number of nitrogens with one attached hydrogen (secondary N) is 1. The first-order chi connectivity index (χ1) is 15.4. The Labute approximate surface area is 192 Å². The smallest absolute Gasteiger partial charge is 0.266 e. The number of anilines is 1. The molecule has 0 radical (unpaired) electrons. The molecule has 1 aliphatic rings. The van der Waals surface area contributed by atoms with Crippen molar-refractivity contribution in [2.24, 2.45) is 0 Å². The highest BCUT2D eigenvalue weighted by Crippen LogP contribution is 2.38. The maximum atomic E-state index is 12.7. The molecule has 4 rings (SSSR count). The number of rotatable bonds is 4. The largest absolute Gasteiger partial charge is 0.321 e. The van der Waals surface area contributed by atoms with Gasteiger partial charge in [0.05, 0.1) is 5.56 Å². The molecule has 0 aliphatic heterocycles. The number of hydrogen-bond donors (Lipinski definition) is 1. The van der Waals surface area contributed by atoms with Gasteiger partial charge in [-0.05, 0) is 87.4 Å². The molecular weight excluding hydrogens is 416 g/mol. The Hall–Kier alpha value is -3.61. The Morgan fingerprint density at radius 1 is 1.16 bits per heavy atom. The molecule has 1 aliphatic carbocycles. The maximum absolute atomic E-state index is 12.7. The number of amides is 1. The number of thiophene rings is 1. The minimum absolute atomic E-state index is 0.0396. The van der Waals surface area contributed by atoms with Gasteiger partial charge in [0.2, 0.25) is 0 Å². The van der Waals surface area contributed by atoms with Crippen LogP contribution in [0.15, 0.2) is 35.9 Å². The lowest BCUT2D eigenvalue weighted by Gasteiger charge is -2.10. The summed E-state index contributed by atoms with van der Waals surface area (Å²) in [6, 6.07) is 13.9. The lowest BCUT2D eigenvalue weighted by molar-refractivity contribution is -0.112. The third-order valence-corrected chi connectivity index (χ3v) is 7.16. The molecule has 6 heteroatoms. The molecule has 5 nitrogen and oxygen atoms in total. The van der Waals surface area contributed by atoms with Gasteiger partial charge in [-0.3, -0.25) is 4.79 Å². The molecule has 32 heavy (non-hydrogen) atoms. The first-order valence-electron chi connectivity index (χ1n) is 10.7. The Bertz CT molecular complexity index is 1330. The monoisotopic (exact) mass is 440 g/mol. The zero-order valence-electron chi connectivity index (χ0n) is 18.5. The summed E-state index contributed by atoms with van der Waals surface area (Å²) in [5, 5.41) is 23.2. The van der Waals surface area contributed by atoms with E-state index in [1.165, 1.54) is 10.4 Å². The highest BCUT2D eigenvalue weighted by Gasteiger charge is 2.24. The van der Waals surface area contributed by atoms with Crippen molar-refractivity contribution in [3.05, 3.63) is 74.4 Å². The van der Waals surface area contributed by atoms with Gasteiger partial charge in [-0.25, -0.2) is 0 Å². The molecule has 0 saturated heterocycles. The van der Waals surface area contributed by atoms with Crippen molar-refractivity contribution in [3.8, 4) is 17.1 Å². The predicted molar refractivity (Wildman–Crippen MR) is 128 cm³/mol. The second kappa shape index (κ2) is 8.86. The standard InChI is InChI=1S/C26H24N4OS/c1-16-7-6-8-21(11-16)29-25(31)20(14-27)13-19-12-17(2)30(18(19)3)26-23(15-28)22-9-4-5-10-24(22)32-26/h6-8,11-13H,4-5,9-10H2,1-3H3,(H,29,31). The average Bonchev–Trinajstić information content (AvgIpc) is 3.27. The highest BCUT2D eigenvalue weighted by atomic mass is 32.1. The molecule has 1 N–H and O–H groups in total. The number of nitriles is 2. The van der Waals surface area contributed by atoms with E-state index in [4.69, 9.17) is 0 Å². The number of fused-ring (bicyclic) bond motifs is 1. The number of hydrogen-bond acceptors (Lipinski definition) is 4. The number of carbonyl (C=O) groups is 1. The number of carbonyl (C=O) groups excluding carboxylic acids is 1. The topological polar surface area (TPSA) is 81.6 Å². The fourth-order valence-electron chi connectivity index (χ4n) is 4.30. The second-order valence-corrected chi connectivity index (χ2v) is 9.24. The van der Waals surface area contributed by atoms with Crippen LogP contribution in [0, 0.1) is 43.4 Å². The van der Waals surface area contributed by atoms with E-state index in [-0.39, 0.29) is 5.57 Å². The molecule has 1 aromatic carbocycles. The molecule has 0 fully saturated rings. The van der Waals surface area contributed by atoms with Crippen molar-refractivity contribution < 1.29 is 4.79 Å². The zero-order chi connectivity index (χ0) is 22.8. The van der Waals surface area contributed by atoms with E-state index in [0.29, 0.717) is 5.69 Å². The van der Waals surface area contributed by atoms with Crippen LogP contribution in [0.5, 0.6) is 0 Å². The van der Waals surface area contributed by atoms with E-state index >= 15 is 0 Å². The molecule has 2 heterocycles. The Morgan fingerprint density at radius 2 is 1.94 bits per heavy atom. The lowest BCUT2D eigenvalue weighted by Crippen LogP contribution is -2.13. The van der Waals surface area contributed by atoms with Crippen molar-refractivity contribution in [1.29, 1.82) is 10.5 Å². The first kappa shape index (κ1) is 21.6. The van der Waals surface area contributed by atoms with Gasteiger partial charge in [-0.15, -0.1) is 11.3 Å². The van der Waals surface area contributed by atoms with E-state index in [2.05, 4.69) is 16.0 Å². The molecule has 0 unspecified atom stereocenters. The second-order valence-electron chi connectivity index (χ2n) is 8.16. The molecule has 0 saturated carbocycles. The van der Waals surface area contributed by atoms with E-state index in [9.17, 15) is 15.3 Å². The van der Waals surface area contributed by atoms with Crippen LogP contribution in [0.25, 0.3) is 11.1 Å². The summed E-state index contributed by atoms with van der Waals surface area (Å²) >= 11 is 1.69. The summed E-state index contributed by atoms with van der Waals surface area (Å²) in [7, 11) is 0. The summed E-state index contributed by atoms with van der Waals surface area (Å²) in [5.74, 6) is -0.438. The molecule has 0 atom stereocenters. The van der Waals surface area contributed by atoms with Crippen molar-refractivity contribution in [2.45, 2.75) is 46.5 Å². The first-order valence-corrected chi connectivity index (χ1v) is 11.5. The fraction of sp³-hybridized carbons (Fsp3) is 0.269. The van der Waals surface area contributed by atoms with Gasteiger partial charge < -0.3 is 9.88 Å². The molecule has 0 spiro atoms. The summed E-state index contributed by atoms with van der Waals surface area (Å²) in [6.45, 7) is 5.90. The SMILES string of the molecule is Cc1cccc(NC(=O)C(C#N)=Cc2cc(C)n(-c3sc4c(c3C#N)CCCC4)c2C)c1. The van der Waals surface area contributed by atoms with Crippen LogP contribution >= 0.6 is 11.3 Å². The Kier molecular flexibility index (Phi) is 5.99. The quantitative estimate of drug-likeness (QED) is 0.414. The van der Waals surface area contributed by atoms with Gasteiger partial charge in [0, 0.05) is 22.0 Å². The van der Waals surface area contributed by atoms with E-state index in [1.54, 1.807) is 23.5 Å². The van der Waals surface area contributed by atoms with Gasteiger partial charge >= 0.3 is 0 Å². The normalized spacial score (nSPS) is 13.2. The van der Waals surface area contributed by atoms with Crippen molar-refractivity contribution >= 4 is 29.0 Å². The molecule has 160 valence electrons.